The van der Waals surface area contributed by atoms with Gasteiger partial charge in [-0.3, -0.25) is 9.78 Å². The van der Waals surface area contributed by atoms with Crippen LogP contribution in [-0.2, 0) is 0 Å². The van der Waals surface area contributed by atoms with Gasteiger partial charge in [-0.25, -0.2) is 4.98 Å². The van der Waals surface area contributed by atoms with E-state index >= 15 is 0 Å². The number of carbonyl (C=O) groups excluding carboxylic acids is 1. The van der Waals surface area contributed by atoms with Crippen molar-refractivity contribution in [3.63, 3.8) is 0 Å². The predicted molar refractivity (Wildman–Crippen MR) is 96.6 cm³/mol. The van der Waals surface area contributed by atoms with Crippen LogP contribution in [0.2, 0.25) is 0 Å². The maximum Gasteiger partial charge on any atom is 0.255 e. The molecule has 1 aliphatic rings. The number of anilines is 1. The zero-order chi connectivity index (χ0) is 17.9. The molecule has 2 aromatic heterocycles. The summed E-state index contributed by atoms with van der Waals surface area (Å²) in [5.74, 6) is 0.733. The number of nitrogens with zero attached hydrogens (tertiary/aromatic N) is 4. The minimum atomic E-state index is -0.947. The van der Waals surface area contributed by atoms with Crippen molar-refractivity contribution in [2.24, 2.45) is 0 Å². The molecule has 1 atom stereocenters. The van der Waals surface area contributed by atoms with Crippen LogP contribution >= 0.6 is 0 Å². The summed E-state index contributed by atoms with van der Waals surface area (Å²) in [7, 11) is 1.72. The molecule has 0 saturated carbocycles. The first-order valence-electron chi connectivity index (χ1n) is 8.52. The minimum Gasteiger partial charge on any atom is -0.386 e. The summed E-state index contributed by atoms with van der Waals surface area (Å²) in [6.45, 7) is 3.51. The van der Waals surface area contributed by atoms with E-state index in [1.165, 1.54) is 0 Å². The van der Waals surface area contributed by atoms with Gasteiger partial charge in [-0.05, 0) is 43.5 Å². The van der Waals surface area contributed by atoms with Crippen LogP contribution in [0.25, 0.3) is 0 Å². The third kappa shape index (κ3) is 4.14. The Hall–Kier alpha value is -2.47. The molecule has 25 heavy (non-hydrogen) atoms. The van der Waals surface area contributed by atoms with E-state index in [-0.39, 0.29) is 12.5 Å². The largest absolute Gasteiger partial charge is 0.386 e. The normalized spacial score (nSPS) is 20.4. The van der Waals surface area contributed by atoms with E-state index in [1.54, 1.807) is 30.5 Å². The number of piperidine rings is 1. The summed E-state index contributed by atoms with van der Waals surface area (Å²) in [6.07, 6.45) is 6.57. The third-order valence-corrected chi connectivity index (χ3v) is 4.53. The monoisotopic (exact) mass is 340 g/mol. The molecule has 3 heterocycles. The molecule has 2 aromatic rings. The molecular weight excluding hydrogens is 316 g/mol. The van der Waals surface area contributed by atoms with Crippen molar-refractivity contribution in [3.05, 3.63) is 54.0 Å². The Morgan fingerprint density at radius 2 is 2.24 bits per heavy atom. The number of carbonyl (C=O) groups is 1. The number of hydrogen-bond acceptors (Lipinski definition) is 5. The maximum atomic E-state index is 12.6. The predicted octanol–water partition coefficient (Wildman–Crippen LogP) is 1.89. The van der Waals surface area contributed by atoms with Crippen molar-refractivity contribution in [1.29, 1.82) is 0 Å². The third-order valence-electron chi connectivity index (χ3n) is 4.53. The molecule has 6 nitrogen and oxygen atoms in total. The lowest BCUT2D eigenvalue weighted by Crippen LogP contribution is -2.54. The lowest BCUT2D eigenvalue weighted by Gasteiger charge is -2.41. The van der Waals surface area contributed by atoms with Gasteiger partial charge in [0.15, 0.2) is 0 Å². The second-order valence-electron chi connectivity index (χ2n) is 6.85. The summed E-state index contributed by atoms with van der Waals surface area (Å²) in [5, 5.41) is 11.0. The first-order valence-corrected chi connectivity index (χ1v) is 8.52. The average Bonchev–Trinajstić information content (AvgIpc) is 2.61. The number of aliphatic hydroxyl groups is 1. The van der Waals surface area contributed by atoms with E-state index in [4.69, 9.17) is 0 Å². The number of rotatable bonds is 4. The van der Waals surface area contributed by atoms with Crippen LogP contribution < -0.4 is 4.90 Å². The second-order valence-corrected chi connectivity index (χ2v) is 6.85. The fourth-order valence-corrected chi connectivity index (χ4v) is 3.38. The zero-order valence-corrected chi connectivity index (χ0v) is 14.7. The van der Waals surface area contributed by atoms with Crippen LogP contribution in [-0.4, -0.2) is 58.2 Å². The minimum absolute atomic E-state index is 0.125. The molecule has 1 N–H and O–H groups in total. The molecule has 0 aromatic carbocycles. The van der Waals surface area contributed by atoms with E-state index < -0.39 is 5.60 Å². The molecule has 3 rings (SSSR count). The van der Waals surface area contributed by atoms with Crippen molar-refractivity contribution in [2.45, 2.75) is 25.4 Å². The number of β-amino-alcohol motifs (C(OH)–C–C–N with tert-alkyl or cyclic N) is 1. The molecule has 0 bridgehead atoms. The lowest BCUT2D eigenvalue weighted by atomic mass is 9.92. The van der Waals surface area contributed by atoms with E-state index in [2.05, 4.69) is 14.9 Å². The summed E-state index contributed by atoms with van der Waals surface area (Å²) in [4.78, 5) is 24.7. The molecule has 1 fully saturated rings. The van der Waals surface area contributed by atoms with E-state index in [9.17, 15) is 9.90 Å². The number of aromatic nitrogens is 2. The highest BCUT2D eigenvalue weighted by Gasteiger charge is 2.36. The van der Waals surface area contributed by atoms with Gasteiger partial charge in [0.25, 0.3) is 5.91 Å². The van der Waals surface area contributed by atoms with E-state index in [0.717, 1.165) is 24.3 Å². The van der Waals surface area contributed by atoms with Gasteiger partial charge < -0.3 is 14.9 Å². The number of amides is 1. The maximum absolute atomic E-state index is 12.6. The Bertz CT molecular complexity index is 737. The molecule has 0 spiro atoms. The van der Waals surface area contributed by atoms with Gasteiger partial charge in [-0.2, -0.15) is 0 Å². The molecular formula is C19H24N4O2. The van der Waals surface area contributed by atoms with Crippen LogP contribution in [0, 0.1) is 6.92 Å². The Balaban J connectivity index is 1.69. The van der Waals surface area contributed by atoms with Gasteiger partial charge in [-0.15, -0.1) is 0 Å². The number of pyridine rings is 2. The van der Waals surface area contributed by atoms with Crippen LogP contribution in [0.15, 0.2) is 42.9 Å². The van der Waals surface area contributed by atoms with Gasteiger partial charge in [0.05, 0.1) is 17.7 Å². The van der Waals surface area contributed by atoms with Crippen molar-refractivity contribution in [1.82, 2.24) is 14.9 Å². The molecule has 0 radical (unpaired) electrons. The summed E-state index contributed by atoms with van der Waals surface area (Å²) < 4.78 is 0. The van der Waals surface area contributed by atoms with Crippen molar-refractivity contribution >= 4 is 11.7 Å². The number of hydrogen-bond donors (Lipinski definition) is 1. The fraction of sp³-hybridized carbons (Fsp3) is 0.421. The standard InChI is InChI=1S/C19H24N4O2/c1-15-10-16(12-20-11-15)18(24)22(2)13-19(25)7-5-9-23(14-19)17-6-3-4-8-21-17/h3-4,6,8,10-12,25H,5,7,9,13-14H2,1-2H3. The van der Waals surface area contributed by atoms with Crippen LogP contribution in [0.5, 0.6) is 0 Å². The zero-order valence-electron chi connectivity index (χ0n) is 14.7. The molecule has 1 amide bonds. The van der Waals surface area contributed by atoms with E-state index in [0.29, 0.717) is 18.5 Å². The number of likely N-dealkylation sites (N-methyl/N-ethyl adjacent to an activating group) is 1. The Labute approximate surface area is 148 Å². The van der Waals surface area contributed by atoms with Crippen LogP contribution in [0.3, 0.4) is 0 Å². The van der Waals surface area contributed by atoms with Crippen molar-refractivity contribution < 1.29 is 9.90 Å². The van der Waals surface area contributed by atoms with Gasteiger partial charge >= 0.3 is 0 Å². The topological polar surface area (TPSA) is 69.6 Å². The van der Waals surface area contributed by atoms with Gasteiger partial charge in [-0.1, -0.05) is 6.07 Å². The quantitative estimate of drug-likeness (QED) is 0.920. The van der Waals surface area contributed by atoms with Gasteiger partial charge in [0, 0.05) is 38.7 Å². The van der Waals surface area contributed by atoms with Crippen LogP contribution in [0.4, 0.5) is 5.82 Å². The summed E-state index contributed by atoms with van der Waals surface area (Å²) in [5.41, 5.74) is 0.540. The second kappa shape index (κ2) is 7.19. The van der Waals surface area contributed by atoms with Crippen molar-refractivity contribution in [2.75, 3.05) is 31.6 Å². The molecule has 1 aliphatic heterocycles. The van der Waals surface area contributed by atoms with Crippen LogP contribution in [0.1, 0.15) is 28.8 Å². The lowest BCUT2D eigenvalue weighted by molar-refractivity contribution is -0.000144. The SMILES string of the molecule is Cc1cncc(C(=O)N(C)CC2(O)CCCN(c3ccccn3)C2)c1. The summed E-state index contributed by atoms with van der Waals surface area (Å²) in [6, 6.07) is 7.58. The highest BCUT2D eigenvalue weighted by molar-refractivity contribution is 5.93. The Morgan fingerprint density at radius 1 is 1.40 bits per heavy atom. The van der Waals surface area contributed by atoms with Crippen molar-refractivity contribution in [3.8, 4) is 0 Å². The first-order chi connectivity index (χ1) is 12.0. The molecule has 1 saturated heterocycles. The van der Waals surface area contributed by atoms with Gasteiger partial charge in [0.2, 0.25) is 0 Å². The first kappa shape index (κ1) is 17.4. The number of aryl methyl sites for hydroxylation is 1. The Morgan fingerprint density at radius 3 is 2.96 bits per heavy atom. The Kier molecular flexibility index (Phi) is 4.99. The highest BCUT2D eigenvalue weighted by atomic mass is 16.3. The summed E-state index contributed by atoms with van der Waals surface area (Å²) >= 11 is 0. The molecule has 1 unspecified atom stereocenters. The fourth-order valence-electron chi connectivity index (χ4n) is 3.38. The molecule has 6 heteroatoms. The molecule has 132 valence electrons. The van der Waals surface area contributed by atoms with E-state index in [1.807, 2.05) is 31.2 Å². The highest BCUT2D eigenvalue weighted by Crippen LogP contribution is 2.25. The van der Waals surface area contributed by atoms with Gasteiger partial charge in [0.1, 0.15) is 5.82 Å². The average molecular weight is 340 g/mol. The smallest absolute Gasteiger partial charge is 0.255 e. The molecule has 0 aliphatic carbocycles.